The van der Waals surface area contributed by atoms with Crippen molar-refractivity contribution >= 4 is 23.6 Å². The number of benzene rings is 1. The van der Waals surface area contributed by atoms with Crippen molar-refractivity contribution in [3.63, 3.8) is 0 Å². The highest BCUT2D eigenvalue weighted by Gasteiger charge is 2.39. The van der Waals surface area contributed by atoms with Gasteiger partial charge in [-0.25, -0.2) is 4.79 Å². The van der Waals surface area contributed by atoms with Crippen LogP contribution in [0.25, 0.3) is 0 Å². The summed E-state index contributed by atoms with van der Waals surface area (Å²) in [5, 5.41) is 12.2. The number of hydrogen-bond donors (Lipinski definition) is 2. The zero-order valence-electron chi connectivity index (χ0n) is 11.2. The summed E-state index contributed by atoms with van der Waals surface area (Å²) < 4.78 is 0. The van der Waals surface area contributed by atoms with E-state index in [1.54, 1.807) is 7.05 Å². The van der Waals surface area contributed by atoms with Crippen LogP contribution in [0.4, 0.5) is 4.79 Å². The second kappa shape index (κ2) is 6.13. The molecule has 0 aliphatic heterocycles. The van der Waals surface area contributed by atoms with Crippen molar-refractivity contribution in [2.45, 2.75) is 24.8 Å². The summed E-state index contributed by atoms with van der Waals surface area (Å²) in [7, 11) is 1.60. The number of halogens is 1. The maximum absolute atomic E-state index is 11.8. The van der Waals surface area contributed by atoms with E-state index in [4.69, 9.17) is 16.7 Å². The molecule has 2 N–H and O–H groups in total. The molecule has 0 bridgehead atoms. The maximum atomic E-state index is 11.8. The van der Waals surface area contributed by atoms with Crippen molar-refractivity contribution in [1.82, 2.24) is 10.2 Å². The molecular formula is C14H17ClN2O3. The van der Waals surface area contributed by atoms with Gasteiger partial charge in [0.25, 0.3) is 0 Å². The normalized spacial score (nSPS) is 20.3. The molecule has 0 heterocycles. The fourth-order valence-corrected chi connectivity index (χ4v) is 2.19. The minimum Gasteiger partial charge on any atom is -0.481 e. The highest BCUT2D eigenvalue weighted by Crippen LogP contribution is 2.41. The molecule has 2 atom stereocenters. The first-order valence-electron chi connectivity index (χ1n) is 6.46. The predicted octanol–water partition coefficient (Wildman–Crippen LogP) is 2.31. The second-order valence-corrected chi connectivity index (χ2v) is 5.45. The molecule has 2 rings (SSSR count). The number of aliphatic carboxylic acids is 1. The Morgan fingerprint density at radius 2 is 2.05 bits per heavy atom. The van der Waals surface area contributed by atoms with Crippen molar-refractivity contribution in [1.29, 1.82) is 0 Å². The molecule has 1 saturated carbocycles. The van der Waals surface area contributed by atoms with E-state index in [0.717, 1.165) is 12.0 Å². The van der Waals surface area contributed by atoms with E-state index in [1.807, 2.05) is 24.3 Å². The topological polar surface area (TPSA) is 69.6 Å². The standard InChI is InChI=1S/C14H17ClN2O3/c1-17(7-6-13(18)19)14(20)16-12-8-11(12)9-2-4-10(15)5-3-9/h2-5,11-12H,6-8H2,1H3,(H,16,20)(H,18,19)/t11-,12+/m0/s1. The smallest absolute Gasteiger partial charge is 0.317 e. The molecule has 6 heteroatoms. The molecular weight excluding hydrogens is 280 g/mol. The van der Waals surface area contributed by atoms with E-state index in [2.05, 4.69) is 5.32 Å². The van der Waals surface area contributed by atoms with Gasteiger partial charge in [0, 0.05) is 30.6 Å². The lowest BCUT2D eigenvalue weighted by Crippen LogP contribution is -2.39. The Kier molecular flexibility index (Phi) is 4.49. The minimum atomic E-state index is -0.907. The first-order valence-corrected chi connectivity index (χ1v) is 6.84. The summed E-state index contributed by atoms with van der Waals surface area (Å²) >= 11 is 5.83. The van der Waals surface area contributed by atoms with Crippen LogP contribution >= 0.6 is 11.6 Å². The van der Waals surface area contributed by atoms with Gasteiger partial charge in [-0.05, 0) is 24.1 Å². The Labute approximate surface area is 122 Å². The summed E-state index contributed by atoms with van der Waals surface area (Å²) in [5.74, 6) is -0.584. The minimum absolute atomic E-state index is 0.0464. The molecule has 5 nitrogen and oxygen atoms in total. The van der Waals surface area contributed by atoms with Crippen LogP contribution in [0.1, 0.15) is 24.3 Å². The van der Waals surface area contributed by atoms with Crippen molar-refractivity contribution in [3.05, 3.63) is 34.9 Å². The molecule has 108 valence electrons. The molecule has 0 saturated heterocycles. The molecule has 0 radical (unpaired) electrons. The lowest BCUT2D eigenvalue weighted by Gasteiger charge is -2.17. The highest BCUT2D eigenvalue weighted by atomic mass is 35.5. The van der Waals surface area contributed by atoms with Gasteiger partial charge < -0.3 is 15.3 Å². The summed E-state index contributed by atoms with van der Waals surface area (Å²) in [6.07, 6.45) is 0.856. The van der Waals surface area contributed by atoms with Crippen LogP contribution in [-0.2, 0) is 4.79 Å². The Bertz CT molecular complexity index is 504. The number of carboxylic acids is 1. The lowest BCUT2D eigenvalue weighted by atomic mass is 10.1. The molecule has 1 fully saturated rings. The third-order valence-corrected chi connectivity index (χ3v) is 3.66. The quantitative estimate of drug-likeness (QED) is 0.876. The van der Waals surface area contributed by atoms with E-state index in [1.165, 1.54) is 4.90 Å². The Morgan fingerprint density at radius 3 is 2.65 bits per heavy atom. The van der Waals surface area contributed by atoms with Gasteiger partial charge in [0.15, 0.2) is 0 Å². The number of rotatable bonds is 5. The fraction of sp³-hybridized carbons (Fsp3) is 0.429. The number of urea groups is 1. The van der Waals surface area contributed by atoms with Crippen molar-refractivity contribution < 1.29 is 14.7 Å². The van der Waals surface area contributed by atoms with Crippen molar-refractivity contribution in [2.24, 2.45) is 0 Å². The van der Waals surface area contributed by atoms with Crippen LogP contribution in [0.5, 0.6) is 0 Å². The van der Waals surface area contributed by atoms with Gasteiger partial charge >= 0.3 is 12.0 Å². The van der Waals surface area contributed by atoms with Gasteiger partial charge in [-0.15, -0.1) is 0 Å². The van der Waals surface area contributed by atoms with E-state index >= 15 is 0 Å². The first-order chi connectivity index (χ1) is 9.47. The van der Waals surface area contributed by atoms with Crippen LogP contribution in [0.2, 0.25) is 5.02 Å². The van der Waals surface area contributed by atoms with E-state index in [-0.39, 0.29) is 25.0 Å². The monoisotopic (exact) mass is 296 g/mol. The summed E-state index contributed by atoms with van der Waals surface area (Å²) in [6, 6.07) is 7.50. The second-order valence-electron chi connectivity index (χ2n) is 5.02. The van der Waals surface area contributed by atoms with E-state index in [0.29, 0.717) is 10.9 Å². The van der Waals surface area contributed by atoms with Crippen LogP contribution in [-0.4, -0.2) is 41.6 Å². The SMILES string of the molecule is CN(CCC(=O)O)C(=O)N[C@@H]1C[C@H]1c1ccc(Cl)cc1. The fourth-order valence-electron chi connectivity index (χ4n) is 2.07. The van der Waals surface area contributed by atoms with Gasteiger partial charge in [-0.2, -0.15) is 0 Å². The largest absolute Gasteiger partial charge is 0.481 e. The van der Waals surface area contributed by atoms with Gasteiger partial charge in [0.1, 0.15) is 0 Å². The third-order valence-electron chi connectivity index (χ3n) is 3.41. The van der Waals surface area contributed by atoms with E-state index in [9.17, 15) is 9.59 Å². The Balaban J connectivity index is 1.79. The first kappa shape index (κ1) is 14.7. The Morgan fingerprint density at radius 1 is 1.40 bits per heavy atom. The molecule has 1 aliphatic carbocycles. The number of carboxylic acid groups (broad SMARTS) is 1. The average Bonchev–Trinajstić information content (AvgIpc) is 3.15. The number of nitrogens with zero attached hydrogens (tertiary/aromatic N) is 1. The molecule has 0 aromatic heterocycles. The summed E-state index contributed by atoms with van der Waals surface area (Å²) in [5.41, 5.74) is 1.16. The highest BCUT2D eigenvalue weighted by molar-refractivity contribution is 6.30. The van der Waals surface area contributed by atoms with Crippen LogP contribution in [0.15, 0.2) is 24.3 Å². The molecule has 2 amide bonds. The molecule has 0 spiro atoms. The molecule has 20 heavy (non-hydrogen) atoms. The van der Waals surface area contributed by atoms with Gasteiger partial charge in [0.2, 0.25) is 0 Å². The van der Waals surface area contributed by atoms with Crippen molar-refractivity contribution in [3.8, 4) is 0 Å². The average molecular weight is 297 g/mol. The number of nitrogens with one attached hydrogen (secondary N) is 1. The van der Waals surface area contributed by atoms with Gasteiger partial charge in [-0.3, -0.25) is 4.79 Å². The zero-order chi connectivity index (χ0) is 14.7. The molecule has 1 aromatic carbocycles. The lowest BCUT2D eigenvalue weighted by molar-refractivity contribution is -0.137. The predicted molar refractivity (Wildman–Crippen MR) is 76.0 cm³/mol. The Hall–Kier alpha value is -1.75. The number of carbonyl (C=O) groups is 2. The van der Waals surface area contributed by atoms with Gasteiger partial charge in [0.05, 0.1) is 6.42 Å². The van der Waals surface area contributed by atoms with E-state index < -0.39 is 5.97 Å². The number of hydrogen-bond acceptors (Lipinski definition) is 2. The molecule has 0 unspecified atom stereocenters. The molecule has 1 aromatic rings. The maximum Gasteiger partial charge on any atom is 0.317 e. The number of carbonyl (C=O) groups excluding carboxylic acids is 1. The molecule has 1 aliphatic rings. The summed E-state index contributed by atoms with van der Waals surface area (Å²) in [6.45, 7) is 0.208. The van der Waals surface area contributed by atoms with Crippen LogP contribution in [0, 0.1) is 0 Å². The van der Waals surface area contributed by atoms with Crippen LogP contribution in [0.3, 0.4) is 0 Å². The van der Waals surface area contributed by atoms with Gasteiger partial charge in [-0.1, -0.05) is 23.7 Å². The van der Waals surface area contributed by atoms with Crippen LogP contribution < -0.4 is 5.32 Å². The number of amides is 2. The van der Waals surface area contributed by atoms with Crippen molar-refractivity contribution in [2.75, 3.05) is 13.6 Å². The zero-order valence-corrected chi connectivity index (χ0v) is 11.9. The summed E-state index contributed by atoms with van der Waals surface area (Å²) in [4.78, 5) is 23.7. The third kappa shape index (κ3) is 3.87.